The Balaban J connectivity index is 2.08. The number of carbonyl (C=O) groups excluding carboxylic acids is 1. The molecule has 0 bridgehead atoms. The predicted octanol–water partition coefficient (Wildman–Crippen LogP) is 1.39. The molecule has 1 aromatic heterocycles. The van der Waals surface area contributed by atoms with Crippen molar-refractivity contribution in [3.63, 3.8) is 0 Å². The van der Waals surface area contributed by atoms with Crippen LogP contribution in [0.1, 0.15) is 11.1 Å². The molecule has 0 atom stereocenters. The first-order valence-corrected chi connectivity index (χ1v) is 9.95. The van der Waals surface area contributed by atoms with E-state index in [2.05, 4.69) is 15.0 Å². The highest BCUT2D eigenvalue weighted by Crippen LogP contribution is 2.25. The molecule has 0 aliphatic heterocycles. The maximum absolute atomic E-state index is 12.1. The van der Waals surface area contributed by atoms with Crippen molar-refractivity contribution in [3.05, 3.63) is 53.7 Å². The van der Waals surface area contributed by atoms with Crippen molar-refractivity contribution < 1.29 is 17.9 Å². The third-order valence-electron chi connectivity index (χ3n) is 3.91. The maximum Gasteiger partial charge on any atom is 0.244 e. The molecule has 0 saturated carbocycles. The van der Waals surface area contributed by atoms with E-state index in [0.29, 0.717) is 12.1 Å². The van der Waals surface area contributed by atoms with E-state index in [0.717, 1.165) is 11.4 Å². The van der Waals surface area contributed by atoms with Crippen molar-refractivity contribution in [1.82, 2.24) is 15.0 Å². The number of nitrogens with one attached hydrogen (secondary N) is 2. The van der Waals surface area contributed by atoms with Crippen LogP contribution in [-0.4, -0.2) is 47.6 Å². The standard InChI is InChI=1S/C19H24N4O4S/c1-20-28(25,26)17-11-14(5-7-16(17)27-4)6-8-19(24)22-13-15-9-10-21-18(12-15)23(2)3/h5-12,20H,13H2,1-4H3,(H,22,24)/b8-6+. The summed E-state index contributed by atoms with van der Waals surface area (Å²) >= 11 is 0. The third-order valence-corrected chi connectivity index (χ3v) is 5.34. The average molecular weight is 404 g/mol. The van der Waals surface area contributed by atoms with Crippen LogP contribution in [0.15, 0.2) is 47.5 Å². The van der Waals surface area contributed by atoms with Gasteiger partial charge in [0.2, 0.25) is 15.9 Å². The first kappa shape index (κ1) is 21.4. The zero-order valence-electron chi connectivity index (χ0n) is 16.3. The van der Waals surface area contributed by atoms with Gasteiger partial charge in [0.25, 0.3) is 0 Å². The molecule has 0 saturated heterocycles. The number of nitrogens with zero attached hydrogens (tertiary/aromatic N) is 2. The lowest BCUT2D eigenvalue weighted by Gasteiger charge is -2.12. The Labute approximate surface area is 165 Å². The van der Waals surface area contributed by atoms with Gasteiger partial charge in [0.05, 0.1) is 7.11 Å². The van der Waals surface area contributed by atoms with Crippen molar-refractivity contribution in [2.75, 3.05) is 33.2 Å². The molecule has 0 aliphatic carbocycles. The van der Waals surface area contributed by atoms with Gasteiger partial charge in [-0.15, -0.1) is 0 Å². The number of rotatable bonds is 8. The highest BCUT2D eigenvalue weighted by atomic mass is 32.2. The largest absolute Gasteiger partial charge is 0.495 e. The topological polar surface area (TPSA) is 101 Å². The van der Waals surface area contributed by atoms with Crippen LogP contribution in [-0.2, 0) is 21.4 Å². The molecule has 1 amide bonds. The van der Waals surface area contributed by atoms with Crippen LogP contribution in [0, 0.1) is 0 Å². The van der Waals surface area contributed by atoms with Crippen LogP contribution in [0.5, 0.6) is 5.75 Å². The first-order valence-electron chi connectivity index (χ1n) is 8.46. The Morgan fingerprint density at radius 2 is 2.00 bits per heavy atom. The molecular weight excluding hydrogens is 380 g/mol. The molecule has 2 rings (SSSR count). The second-order valence-corrected chi connectivity index (χ2v) is 7.94. The normalized spacial score (nSPS) is 11.4. The molecule has 2 aromatic rings. The summed E-state index contributed by atoms with van der Waals surface area (Å²) in [5, 5.41) is 2.79. The number of ether oxygens (including phenoxy) is 1. The van der Waals surface area contributed by atoms with Gasteiger partial charge in [-0.2, -0.15) is 0 Å². The molecule has 0 spiro atoms. The summed E-state index contributed by atoms with van der Waals surface area (Å²) in [6.07, 6.45) is 4.58. The fourth-order valence-electron chi connectivity index (χ4n) is 2.35. The number of aromatic nitrogens is 1. The minimum atomic E-state index is -3.68. The molecule has 1 heterocycles. The van der Waals surface area contributed by atoms with E-state index in [9.17, 15) is 13.2 Å². The van der Waals surface area contributed by atoms with Crippen LogP contribution in [0.2, 0.25) is 0 Å². The van der Waals surface area contributed by atoms with E-state index >= 15 is 0 Å². The summed E-state index contributed by atoms with van der Waals surface area (Å²) in [4.78, 5) is 18.2. The van der Waals surface area contributed by atoms with E-state index in [1.54, 1.807) is 24.4 Å². The number of sulfonamides is 1. The number of carbonyl (C=O) groups is 1. The van der Waals surface area contributed by atoms with Crippen LogP contribution in [0.25, 0.3) is 6.08 Å². The lowest BCUT2D eigenvalue weighted by atomic mass is 10.2. The zero-order chi connectivity index (χ0) is 20.7. The third kappa shape index (κ3) is 5.54. The molecule has 28 heavy (non-hydrogen) atoms. The van der Waals surface area contributed by atoms with Gasteiger partial charge in [-0.25, -0.2) is 18.1 Å². The monoisotopic (exact) mass is 404 g/mol. The van der Waals surface area contributed by atoms with E-state index in [1.807, 2.05) is 31.1 Å². The first-order chi connectivity index (χ1) is 13.3. The highest BCUT2D eigenvalue weighted by Gasteiger charge is 2.17. The molecule has 0 fully saturated rings. The van der Waals surface area contributed by atoms with Crippen molar-refractivity contribution in [2.24, 2.45) is 0 Å². The fraction of sp³-hybridized carbons (Fsp3) is 0.263. The molecule has 1 aromatic carbocycles. The van der Waals surface area contributed by atoms with Crippen molar-refractivity contribution in [2.45, 2.75) is 11.4 Å². The summed E-state index contributed by atoms with van der Waals surface area (Å²) < 4.78 is 31.6. The maximum atomic E-state index is 12.1. The van der Waals surface area contributed by atoms with Crippen LogP contribution >= 0.6 is 0 Å². The number of methoxy groups -OCH3 is 1. The molecule has 9 heteroatoms. The second kappa shape index (κ2) is 9.34. The zero-order valence-corrected chi connectivity index (χ0v) is 17.1. The second-order valence-electron chi connectivity index (χ2n) is 6.09. The number of hydrogen-bond donors (Lipinski definition) is 2. The van der Waals surface area contributed by atoms with Gasteiger partial charge < -0.3 is 15.0 Å². The number of benzene rings is 1. The number of amides is 1. The van der Waals surface area contributed by atoms with Crippen LogP contribution < -0.4 is 19.7 Å². The van der Waals surface area contributed by atoms with Crippen molar-refractivity contribution in [1.29, 1.82) is 0 Å². The van der Waals surface area contributed by atoms with Gasteiger partial charge in [-0.3, -0.25) is 4.79 Å². The molecule has 2 N–H and O–H groups in total. The minimum absolute atomic E-state index is 0.00746. The Kier molecular flexibility index (Phi) is 7.13. The van der Waals surface area contributed by atoms with Crippen molar-refractivity contribution in [3.8, 4) is 5.75 Å². The number of anilines is 1. The van der Waals surface area contributed by atoms with Gasteiger partial charge >= 0.3 is 0 Å². The van der Waals surface area contributed by atoms with E-state index < -0.39 is 10.0 Å². The quantitative estimate of drug-likeness (QED) is 0.645. The molecule has 0 radical (unpaired) electrons. The Morgan fingerprint density at radius 1 is 1.25 bits per heavy atom. The van der Waals surface area contributed by atoms with E-state index in [4.69, 9.17) is 4.74 Å². The number of pyridine rings is 1. The van der Waals surface area contributed by atoms with Gasteiger partial charge in [0.15, 0.2) is 0 Å². The van der Waals surface area contributed by atoms with Crippen molar-refractivity contribution >= 4 is 27.8 Å². The molecule has 8 nitrogen and oxygen atoms in total. The summed E-state index contributed by atoms with van der Waals surface area (Å²) in [6.45, 7) is 0.356. The fourth-order valence-corrected chi connectivity index (χ4v) is 3.28. The van der Waals surface area contributed by atoms with Gasteiger partial charge in [0, 0.05) is 32.9 Å². The molecule has 0 unspecified atom stereocenters. The summed E-state index contributed by atoms with van der Waals surface area (Å²) in [6, 6.07) is 8.38. The van der Waals surface area contributed by atoms with E-state index in [-0.39, 0.29) is 16.6 Å². The number of hydrogen-bond acceptors (Lipinski definition) is 6. The Bertz CT molecular complexity index is 972. The van der Waals surface area contributed by atoms with E-state index in [1.165, 1.54) is 26.3 Å². The van der Waals surface area contributed by atoms with Crippen LogP contribution in [0.4, 0.5) is 5.82 Å². The average Bonchev–Trinajstić information content (AvgIpc) is 2.70. The predicted molar refractivity (Wildman–Crippen MR) is 109 cm³/mol. The molecule has 0 aliphatic rings. The Hall–Kier alpha value is -2.91. The Morgan fingerprint density at radius 3 is 2.64 bits per heavy atom. The smallest absolute Gasteiger partial charge is 0.244 e. The summed E-state index contributed by atoms with van der Waals surface area (Å²) in [5.41, 5.74) is 1.48. The SMILES string of the molecule is CNS(=O)(=O)c1cc(/C=C/C(=O)NCc2ccnc(N(C)C)c2)ccc1OC. The highest BCUT2D eigenvalue weighted by molar-refractivity contribution is 7.89. The molecular formula is C19H24N4O4S. The summed E-state index contributed by atoms with van der Waals surface area (Å²) in [5.74, 6) is 0.737. The molecule has 150 valence electrons. The summed E-state index contributed by atoms with van der Waals surface area (Å²) in [7, 11) is 2.83. The van der Waals surface area contributed by atoms with Gasteiger partial charge in [-0.1, -0.05) is 6.07 Å². The lowest BCUT2D eigenvalue weighted by molar-refractivity contribution is -0.116. The lowest BCUT2D eigenvalue weighted by Crippen LogP contribution is -2.21. The van der Waals surface area contributed by atoms with Gasteiger partial charge in [-0.05, 0) is 48.5 Å². The minimum Gasteiger partial charge on any atom is -0.495 e. The van der Waals surface area contributed by atoms with Gasteiger partial charge in [0.1, 0.15) is 16.5 Å². The van der Waals surface area contributed by atoms with Crippen LogP contribution in [0.3, 0.4) is 0 Å².